The van der Waals surface area contributed by atoms with Gasteiger partial charge in [0.2, 0.25) is 11.8 Å². The quantitative estimate of drug-likeness (QED) is 0.311. The molecule has 3 rings (SSSR count). The average Bonchev–Trinajstić information content (AvgIpc) is 2.90. The number of nitrogens with one attached hydrogen (secondary N) is 1. The summed E-state index contributed by atoms with van der Waals surface area (Å²) in [6.45, 7) is 9.63. The highest BCUT2D eigenvalue weighted by Gasteiger charge is 2.32. The lowest BCUT2D eigenvalue weighted by atomic mass is 10.1. The van der Waals surface area contributed by atoms with Gasteiger partial charge < -0.3 is 10.2 Å². The first-order valence-corrected chi connectivity index (χ1v) is 15.1. The van der Waals surface area contributed by atoms with Crippen LogP contribution in [0.5, 0.6) is 0 Å². The summed E-state index contributed by atoms with van der Waals surface area (Å²) in [5.74, 6) is -0.540. The Morgan fingerprint density at radius 2 is 1.59 bits per heavy atom. The number of aryl methyl sites for hydroxylation is 2. The number of carbonyl (C=O) groups is 2. The number of sulfonamides is 1. The Bertz CT molecular complexity index is 1410. The smallest absolute Gasteiger partial charge is 0.264 e. The molecule has 0 saturated carbocycles. The van der Waals surface area contributed by atoms with Crippen LogP contribution >= 0.6 is 15.9 Å². The fourth-order valence-corrected chi connectivity index (χ4v) is 5.87. The Labute approximate surface area is 240 Å². The standard InChI is InChI=1S/C30H36BrN3O4S/c1-21(2)18-32-30(36)24(5)33(19-25-10-9-11-26(31)17-25)29(35)20-34(27-15-14-22(3)23(4)16-27)39(37,38)28-12-7-6-8-13-28/h6-17,21,24H,18-20H2,1-5H3,(H,32,36)/t24-/m1/s1. The molecule has 39 heavy (non-hydrogen) atoms. The van der Waals surface area contributed by atoms with Crippen molar-refractivity contribution in [2.45, 2.75) is 52.1 Å². The number of hydrogen-bond donors (Lipinski definition) is 1. The summed E-state index contributed by atoms with van der Waals surface area (Å²) in [4.78, 5) is 28.5. The zero-order chi connectivity index (χ0) is 28.7. The number of halogens is 1. The lowest BCUT2D eigenvalue weighted by Gasteiger charge is -2.32. The highest BCUT2D eigenvalue weighted by molar-refractivity contribution is 9.10. The minimum absolute atomic E-state index is 0.0808. The van der Waals surface area contributed by atoms with Crippen molar-refractivity contribution in [2.24, 2.45) is 5.92 Å². The normalized spacial score (nSPS) is 12.2. The number of benzene rings is 3. The van der Waals surface area contributed by atoms with Crippen LogP contribution in [0.15, 0.2) is 82.2 Å². The molecule has 1 N–H and O–H groups in total. The van der Waals surface area contributed by atoms with E-state index in [9.17, 15) is 18.0 Å². The van der Waals surface area contributed by atoms with E-state index in [1.165, 1.54) is 17.0 Å². The second kappa shape index (κ2) is 13.3. The van der Waals surface area contributed by atoms with Crippen LogP contribution in [-0.4, -0.2) is 44.3 Å². The molecular weight excluding hydrogens is 578 g/mol. The molecule has 3 aromatic carbocycles. The van der Waals surface area contributed by atoms with Gasteiger partial charge in [0, 0.05) is 17.6 Å². The number of nitrogens with zero attached hydrogens (tertiary/aromatic N) is 2. The molecule has 2 amide bonds. The van der Waals surface area contributed by atoms with Crippen molar-refractivity contribution in [1.82, 2.24) is 10.2 Å². The van der Waals surface area contributed by atoms with Crippen LogP contribution in [0.1, 0.15) is 37.5 Å². The summed E-state index contributed by atoms with van der Waals surface area (Å²) < 4.78 is 29.7. The van der Waals surface area contributed by atoms with Crippen LogP contribution in [0.4, 0.5) is 5.69 Å². The van der Waals surface area contributed by atoms with Gasteiger partial charge in [-0.15, -0.1) is 0 Å². The molecule has 0 saturated heterocycles. The topological polar surface area (TPSA) is 86.8 Å². The molecule has 0 aliphatic rings. The van der Waals surface area contributed by atoms with Crippen molar-refractivity contribution in [1.29, 1.82) is 0 Å². The van der Waals surface area contributed by atoms with E-state index in [1.807, 2.05) is 58.0 Å². The summed E-state index contributed by atoms with van der Waals surface area (Å²) in [6.07, 6.45) is 0. The Morgan fingerprint density at radius 1 is 0.897 bits per heavy atom. The molecule has 0 aliphatic carbocycles. The first-order chi connectivity index (χ1) is 18.4. The second-order valence-corrected chi connectivity index (χ2v) is 12.8. The Kier molecular flexibility index (Phi) is 10.3. The van der Waals surface area contributed by atoms with E-state index in [0.29, 0.717) is 12.2 Å². The third-order valence-electron chi connectivity index (χ3n) is 6.48. The summed E-state index contributed by atoms with van der Waals surface area (Å²) >= 11 is 3.46. The van der Waals surface area contributed by atoms with Crippen LogP contribution in [0.3, 0.4) is 0 Å². The zero-order valence-electron chi connectivity index (χ0n) is 23.0. The fraction of sp³-hybridized carbons (Fsp3) is 0.333. The molecule has 9 heteroatoms. The van der Waals surface area contributed by atoms with Gasteiger partial charge in [-0.3, -0.25) is 13.9 Å². The van der Waals surface area contributed by atoms with Gasteiger partial charge >= 0.3 is 0 Å². The molecule has 0 aromatic heterocycles. The number of anilines is 1. The fourth-order valence-electron chi connectivity index (χ4n) is 4.00. The number of hydrogen-bond acceptors (Lipinski definition) is 4. The highest BCUT2D eigenvalue weighted by Crippen LogP contribution is 2.26. The number of carbonyl (C=O) groups excluding carboxylic acids is 2. The lowest BCUT2D eigenvalue weighted by Crippen LogP contribution is -2.51. The molecule has 0 heterocycles. The lowest BCUT2D eigenvalue weighted by molar-refractivity contribution is -0.139. The van der Waals surface area contributed by atoms with Crippen LogP contribution in [0, 0.1) is 19.8 Å². The predicted molar refractivity (Wildman–Crippen MR) is 159 cm³/mol. The van der Waals surface area contributed by atoms with Gasteiger partial charge in [-0.1, -0.05) is 66.2 Å². The van der Waals surface area contributed by atoms with E-state index in [4.69, 9.17) is 0 Å². The SMILES string of the molecule is Cc1ccc(N(CC(=O)N(Cc2cccc(Br)c2)[C@H](C)C(=O)NCC(C)C)S(=O)(=O)c2ccccc2)cc1C. The molecule has 3 aromatic rings. The summed E-state index contributed by atoms with van der Waals surface area (Å²) in [7, 11) is -4.08. The first-order valence-electron chi connectivity index (χ1n) is 12.9. The highest BCUT2D eigenvalue weighted by atomic mass is 79.9. The zero-order valence-corrected chi connectivity index (χ0v) is 25.4. The van der Waals surface area contributed by atoms with Gasteiger partial charge in [0.1, 0.15) is 12.6 Å². The molecule has 208 valence electrons. The monoisotopic (exact) mass is 613 g/mol. The maximum absolute atomic E-state index is 14.0. The third kappa shape index (κ3) is 7.92. The van der Waals surface area contributed by atoms with E-state index in [-0.39, 0.29) is 23.3 Å². The molecule has 0 spiro atoms. The summed E-state index contributed by atoms with van der Waals surface area (Å²) in [5, 5.41) is 2.90. The summed E-state index contributed by atoms with van der Waals surface area (Å²) in [6, 6.07) is 20.0. The van der Waals surface area contributed by atoms with Crippen molar-refractivity contribution < 1.29 is 18.0 Å². The van der Waals surface area contributed by atoms with Gasteiger partial charge in [-0.25, -0.2) is 8.42 Å². The minimum Gasteiger partial charge on any atom is -0.354 e. The molecule has 0 fully saturated rings. The largest absolute Gasteiger partial charge is 0.354 e. The van der Waals surface area contributed by atoms with E-state index in [2.05, 4.69) is 21.2 Å². The Hall–Kier alpha value is -3.17. The molecule has 7 nitrogen and oxygen atoms in total. The summed E-state index contributed by atoms with van der Waals surface area (Å²) in [5.41, 5.74) is 3.11. The molecule has 1 atom stereocenters. The van der Waals surface area contributed by atoms with Crippen LogP contribution in [0.25, 0.3) is 0 Å². The van der Waals surface area contributed by atoms with E-state index in [1.54, 1.807) is 37.3 Å². The number of rotatable bonds is 11. The van der Waals surface area contributed by atoms with Crippen LogP contribution in [0.2, 0.25) is 0 Å². The maximum atomic E-state index is 14.0. The number of amides is 2. The van der Waals surface area contributed by atoms with Gasteiger partial charge in [-0.2, -0.15) is 0 Å². The van der Waals surface area contributed by atoms with Gasteiger partial charge in [-0.05, 0) is 79.8 Å². The van der Waals surface area contributed by atoms with Crippen molar-refractivity contribution in [3.8, 4) is 0 Å². The average molecular weight is 615 g/mol. The maximum Gasteiger partial charge on any atom is 0.264 e. The molecule has 0 radical (unpaired) electrons. The second-order valence-electron chi connectivity index (χ2n) is 10.1. The first kappa shape index (κ1) is 30.4. The predicted octanol–water partition coefficient (Wildman–Crippen LogP) is 5.45. The van der Waals surface area contributed by atoms with Gasteiger partial charge in [0.25, 0.3) is 10.0 Å². The Morgan fingerprint density at radius 3 is 2.21 bits per heavy atom. The molecule has 0 aliphatic heterocycles. The molecule has 0 bridgehead atoms. The molecule has 0 unspecified atom stereocenters. The molecular formula is C30H36BrN3O4S. The minimum atomic E-state index is -4.08. The van der Waals surface area contributed by atoms with E-state index >= 15 is 0 Å². The van der Waals surface area contributed by atoms with Crippen molar-refractivity contribution in [3.63, 3.8) is 0 Å². The van der Waals surface area contributed by atoms with Crippen molar-refractivity contribution >= 4 is 43.5 Å². The van der Waals surface area contributed by atoms with E-state index in [0.717, 1.165) is 25.5 Å². The van der Waals surface area contributed by atoms with Gasteiger partial charge in [0.15, 0.2) is 0 Å². The third-order valence-corrected chi connectivity index (χ3v) is 8.76. The Balaban J connectivity index is 2.03. The van der Waals surface area contributed by atoms with Crippen LogP contribution < -0.4 is 9.62 Å². The van der Waals surface area contributed by atoms with Crippen molar-refractivity contribution in [2.75, 3.05) is 17.4 Å². The van der Waals surface area contributed by atoms with Crippen molar-refractivity contribution in [3.05, 3.63) is 94.0 Å². The van der Waals surface area contributed by atoms with Gasteiger partial charge in [0.05, 0.1) is 10.6 Å². The van der Waals surface area contributed by atoms with E-state index < -0.39 is 28.5 Å². The van der Waals surface area contributed by atoms with Crippen LogP contribution in [-0.2, 0) is 26.2 Å².